The minimum absolute atomic E-state index is 0.0630. The van der Waals surface area contributed by atoms with Gasteiger partial charge in [-0.25, -0.2) is 4.39 Å². The Morgan fingerprint density at radius 1 is 1.39 bits per heavy atom. The number of benzene rings is 1. The van der Waals surface area contributed by atoms with E-state index < -0.39 is 11.4 Å². The zero-order valence-electron chi connectivity index (χ0n) is 9.78. The second kappa shape index (κ2) is 4.76. The van der Waals surface area contributed by atoms with Gasteiger partial charge in [0.05, 0.1) is 11.8 Å². The lowest BCUT2D eigenvalue weighted by molar-refractivity contribution is -0.143. The molecule has 5 heteroatoms. The van der Waals surface area contributed by atoms with Gasteiger partial charge in [0.2, 0.25) is 5.91 Å². The summed E-state index contributed by atoms with van der Waals surface area (Å²) in [5.41, 5.74) is -0.190. The Morgan fingerprint density at radius 2 is 2.11 bits per heavy atom. The molecular formula is C13H14FNO3. The number of amides is 1. The Balaban J connectivity index is 1.84. The molecule has 1 aromatic rings. The van der Waals surface area contributed by atoms with Gasteiger partial charge in [-0.3, -0.25) is 9.59 Å². The average Bonchev–Trinajstić information content (AvgIpc) is 3.07. The molecule has 0 radical (unpaired) electrons. The maximum atomic E-state index is 12.9. The third-order valence-corrected chi connectivity index (χ3v) is 3.18. The normalized spacial score (nSPS) is 16.1. The predicted octanol–water partition coefficient (Wildman–Crippen LogP) is 1.35. The zero-order chi connectivity index (χ0) is 13.2. The summed E-state index contributed by atoms with van der Waals surface area (Å²) in [4.78, 5) is 22.5. The summed E-state index contributed by atoms with van der Waals surface area (Å²) in [7, 11) is 0. The molecule has 1 aromatic carbocycles. The van der Waals surface area contributed by atoms with Crippen LogP contribution < -0.4 is 5.32 Å². The van der Waals surface area contributed by atoms with Crippen molar-refractivity contribution in [2.45, 2.75) is 19.3 Å². The van der Waals surface area contributed by atoms with E-state index in [1.54, 1.807) is 6.07 Å². The van der Waals surface area contributed by atoms with Gasteiger partial charge in [-0.1, -0.05) is 12.1 Å². The van der Waals surface area contributed by atoms with Crippen LogP contribution in [0.5, 0.6) is 0 Å². The third kappa shape index (κ3) is 2.85. The van der Waals surface area contributed by atoms with Crippen molar-refractivity contribution in [1.82, 2.24) is 5.32 Å². The minimum Gasteiger partial charge on any atom is -0.481 e. The first-order chi connectivity index (χ1) is 8.52. The molecule has 1 saturated carbocycles. The van der Waals surface area contributed by atoms with E-state index in [-0.39, 0.29) is 24.7 Å². The van der Waals surface area contributed by atoms with Gasteiger partial charge < -0.3 is 10.4 Å². The van der Waals surface area contributed by atoms with Gasteiger partial charge in [-0.15, -0.1) is 0 Å². The smallest absolute Gasteiger partial charge is 0.311 e. The van der Waals surface area contributed by atoms with Gasteiger partial charge in [0, 0.05) is 6.54 Å². The lowest BCUT2D eigenvalue weighted by atomic mass is 10.1. The van der Waals surface area contributed by atoms with Gasteiger partial charge in [0.25, 0.3) is 0 Å². The number of hydrogen-bond donors (Lipinski definition) is 2. The maximum absolute atomic E-state index is 12.9. The highest BCUT2D eigenvalue weighted by atomic mass is 19.1. The number of carbonyl (C=O) groups is 2. The quantitative estimate of drug-likeness (QED) is 0.830. The Labute approximate surface area is 104 Å². The number of hydrogen-bond acceptors (Lipinski definition) is 2. The van der Waals surface area contributed by atoms with E-state index >= 15 is 0 Å². The molecule has 1 fully saturated rings. The van der Waals surface area contributed by atoms with E-state index in [0.717, 1.165) is 0 Å². The Hall–Kier alpha value is -1.91. The van der Waals surface area contributed by atoms with Gasteiger partial charge >= 0.3 is 5.97 Å². The van der Waals surface area contributed by atoms with Crippen LogP contribution in [0.1, 0.15) is 18.4 Å². The van der Waals surface area contributed by atoms with E-state index in [0.29, 0.717) is 18.4 Å². The highest BCUT2D eigenvalue weighted by Crippen LogP contribution is 2.45. The first-order valence-corrected chi connectivity index (χ1v) is 5.76. The van der Waals surface area contributed by atoms with Crippen molar-refractivity contribution < 1.29 is 19.1 Å². The molecule has 2 N–H and O–H groups in total. The summed E-state index contributed by atoms with van der Waals surface area (Å²) in [6.45, 7) is 0.149. The number of aliphatic carboxylic acids is 1. The van der Waals surface area contributed by atoms with Gasteiger partial charge in [0.15, 0.2) is 0 Å². The summed E-state index contributed by atoms with van der Waals surface area (Å²) >= 11 is 0. The molecule has 0 saturated heterocycles. The van der Waals surface area contributed by atoms with Crippen molar-refractivity contribution in [1.29, 1.82) is 0 Å². The van der Waals surface area contributed by atoms with Gasteiger partial charge in [-0.05, 0) is 30.5 Å². The summed E-state index contributed by atoms with van der Waals surface area (Å²) in [6.07, 6.45) is 1.26. The minimum atomic E-state index is -0.867. The molecule has 96 valence electrons. The fourth-order valence-corrected chi connectivity index (χ4v) is 1.78. The Kier molecular flexibility index (Phi) is 3.32. The lowest BCUT2D eigenvalue weighted by Crippen LogP contribution is -2.35. The molecule has 0 bridgehead atoms. The van der Waals surface area contributed by atoms with Crippen molar-refractivity contribution in [3.63, 3.8) is 0 Å². The number of carboxylic acid groups (broad SMARTS) is 1. The number of halogens is 1. The molecule has 0 spiro atoms. The number of rotatable bonds is 5. The summed E-state index contributed by atoms with van der Waals surface area (Å²) in [5, 5.41) is 11.5. The summed E-state index contributed by atoms with van der Waals surface area (Å²) in [6, 6.07) is 5.80. The largest absolute Gasteiger partial charge is 0.481 e. The second-order valence-electron chi connectivity index (χ2n) is 4.67. The number of carbonyl (C=O) groups excluding carboxylic acids is 1. The first-order valence-electron chi connectivity index (χ1n) is 5.76. The summed E-state index contributed by atoms with van der Waals surface area (Å²) in [5.74, 6) is -1.54. The average molecular weight is 251 g/mol. The molecule has 4 nitrogen and oxygen atoms in total. The van der Waals surface area contributed by atoms with Gasteiger partial charge in [-0.2, -0.15) is 0 Å². The van der Waals surface area contributed by atoms with Crippen molar-refractivity contribution in [2.24, 2.45) is 5.41 Å². The van der Waals surface area contributed by atoms with Crippen LogP contribution in [-0.4, -0.2) is 23.5 Å². The molecular weight excluding hydrogens is 237 g/mol. The molecule has 0 aromatic heterocycles. The van der Waals surface area contributed by atoms with Crippen LogP contribution in [0.2, 0.25) is 0 Å². The molecule has 0 aliphatic heterocycles. The highest BCUT2D eigenvalue weighted by molar-refractivity contribution is 5.82. The van der Waals surface area contributed by atoms with Crippen LogP contribution in [0, 0.1) is 11.2 Å². The van der Waals surface area contributed by atoms with E-state index in [2.05, 4.69) is 5.32 Å². The van der Waals surface area contributed by atoms with E-state index in [9.17, 15) is 14.0 Å². The molecule has 2 rings (SSSR count). The fraction of sp³-hybridized carbons (Fsp3) is 0.385. The maximum Gasteiger partial charge on any atom is 0.311 e. The van der Waals surface area contributed by atoms with E-state index in [1.165, 1.54) is 18.2 Å². The topological polar surface area (TPSA) is 66.4 Å². The van der Waals surface area contributed by atoms with E-state index in [4.69, 9.17) is 5.11 Å². The van der Waals surface area contributed by atoms with Crippen molar-refractivity contribution >= 4 is 11.9 Å². The third-order valence-electron chi connectivity index (χ3n) is 3.18. The number of carboxylic acids is 1. The van der Waals surface area contributed by atoms with Gasteiger partial charge in [0.1, 0.15) is 5.82 Å². The van der Waals surface area contributed by atoms with E-state index in [1.807, 2.05) is 0 Å². The SMILES string of the molecule is O=C(Cc1cccc(F)c1)NCC1(C(=O)O)CC1. The molecule has 18 heavy (non-hydrogen) atoms. The van der Waals surface area contributed by atoms with Crippen LogP contribution in [0.4, 0.5) is 4.39 Å². The molecule has 0 unspecified atom stereocenters. The monoisotopic (exact) mass is 251 g/mol. The number of nitrogens with one attached hydrogen (secondary N) is 1. The molecule has 1 aliphatic rings. The Bertz CT molecular complexity index is 483. The van der Waals surface area contributed by atoms with Crippen LogP contribution in [0.15, 0.2) is 24.3 Å². The molecule has 1 aliphatic carbocycles. The zero-order valence-corrected chi connectivity index (χ0v) is 9.78. The standard InChI is InChI=1S/C13H14FNO3/c14-10-3-1-2-9(6-10)7-11(16)15-8-13(4-5-13)12(17)18/h1-3,6H,4-5,7-8H2,(H,15,16)(H,17,18). The predicted molar refractivity (Wildman–Crippen MR) is 62.4 cm³/mol. The lowest BCUT2D eigenvalue weighted by Gasteiger charge is -2.11. The fourth-order valence-electron chi connectivity index (χ4n) is 1.78. The van der Waals surface area contributed by atoms with Crippen molar-refractivity contribution in [3.05, 3.63) is 35.6 Å². The Morgan fingerprint density at radius 3 is 2.67 bits per heavy atom. The van der Waals surface area contributed by atoms with Crippen LogP contribution in [0.3, 0.4) is 0 Å². The van der Waals surface area contributed by atoms with Crippen LogP contribution in [-0.2, 0) is 16.0 Å². The van der Waals surface area contributed by atoms with Crippen molar-refractivity contribution in [2.75, 3.05) is 6.54 Å². The molecule has 0 atom stereocenters. The first kappa shape index (κ1) is 12.5. The van der Waals surface area contributed by atoms with Crippen molar-refractivity contribution in [3.8, 4) is 0 Å². The summed E-state index contributed by atoms with van der Waals surface area (Å²) < 4.78 is 12.9. The second-order valence-corrected chi connectivity index (χ2v) is 4.67. The van der Waals surface area contributed by atoms with Crippen LogP contribution >= 0.6 is 0 Å². The highest BCUT2D eigenvalue weighted by Gasteiger charge is 2.50. The molecule has 1 amide bonds. The molecule has 0 heterocycles. The van der Waals surface area contributed by atoms with Crippen LogP contribution in [0.25, 0.3) is 0 Å².